The zero-order chi connectivity index (χ0) is 6.69. The van der Waals surface area contributed by atoms with E-state index in [-0.39, 0.29) is 6.04 Å². The van der Waals surface area contributed by atoms with E-state index in [2.05, 4.69) is 0 Å². The van der Waals surface area contributed by atoms with Crippen LogP contribution in [-0.2, 0) is 4.79 Å². The summed E-state index contributed by atoms with van der Waals surface area (Å²) in [5.74, 6) is 0. The van der Waals surface area contributed by atoms with Crippen LogP contribution in [0.15, 0.2) is 0 Å². The number of likely N-dealkylation sites (tertiary alicyclic amines) is 1. The first-order chi connectivity index (χ1) is 4.38. The Morgan fingerprint density at radius 3 is 2.89 bits per heavy atom. The molecule has 1 saturated heterocycles. The number of amides is 1. The van der Waals surface area contributed by atoms with Gasteiger partial charge in [-0.3, -0.25) is 4.79 Å². The molecule has 0 aliphatic carbocycles. The van der Waals surface area contributed by atoms with Crippen molar-refractivity contribution >= 4 is 12.6 Å². The predicted octanol–water partition coefficient (Wildman–Crippen LogP) is 0.257. The quantitative estimate of drug-likeness (QED) is 0.418. The standard InChI is InChI=1S/C6H10N2O/c7-4-6-2-1-3-8(6)5-9/h4-7H,1-3H2. The zero-order valence-corrected chi connectivity index (χ0v) is 5.21. The van der Waals surface area contributed by atoms with E-state index in [4.69, 9.17) is 5.41 Å². The Hall–Kier alpha value is -0.860. The Morgan fingerprint density at radius 2 is 2.44 bits per heavy atom. The topological polar surface area (TPSA) is 44.2 Å². The van der Waals surface area contributed by atoms with Gasteiger partial charge < -0.3 is 10.3 Å². The van der Waals surface area contributed by atoms with Gasteiger partial charge in [0, 0.05) is 12.8 Å². The molecule has 0 aromatic rings. The van der Waals surface area contributed by atoms with Crippen LogP contribution in [0.2, 0.25) is 0 Å². The normalized spacial score (nSPS) is 26.2. The first-order valence-electron chi connectivity index (χ1n) is 3.10. The Labute approximate surface area is 54.2 Å². The van der Waals surface area contributed by atoms with Gasteiger partial charge in [-0.1, -0.05) is 0 Å². The molecular formula is C6H10N2O. The lowest BCUT2D eigenvalue weighted by atomic mass is 10.2. The second-order valence-corrected chi connectivity index (χ2v) is 2.22. The van der Waals surface area contributed by atoms with Gasteiger partial charge >= 0.3 is 0 Å². The van der Waals surface area contributed by atoms with Gasteiger partial charge in [0.2, 0.25) is 6.41 Å². The molecule has 1 fully saturated rings. The molecule has 1 unspecified atom stereocenters. The van der Waals surface area contributed by atoms with Crippen LogP contribution < -0.4 is 0 Å². The average molecular weight is 126 g/mol. The average Bonchev–Trinajstić information content (AvgIpc) is 2.33. The summed E-state index contributed by atoms with van der Waals surface area (Å²) in [6.07, 6.45) is 4.16. The van der Waals surface area contributed by atoms with Crippen molar-refractivity contribution < 1.29 is 4.79 Å². The van der Waals surface area contributed by atoms with Gasteiger partial charge in [0.15, 0.2) is 0 Å². The van der Waals surface area contributed by atoms with Crippen LogP contribution in [0, 0.1) is 5.41 Å². The summed E-state index contributed by atoms with van der Waals surface area (Å²) < 4.78 is 0. The fraction of sp³-hybridized carbons (Fsp3) is 0.667. The summed E-state index contributed by atoms with van der Waals surface area (Å²) >= 11 is 0. The second-order valence-electron chi connectivity index (χ2n) is 2.22. The Kier molecular flexibility index (Phi) is 1.82. The molecule has 1 heterocycles. The van der Waals surface area contributed by atoms with Crippen molar-refractivity contribution in [1.82, 2.24) is 4.90 Å². The SMILES string of the molecule is N=CC1CCCN1C=O. The number of rotatable bonds is 2. The molecule has 1 atom stereocenters. The van der Waals surface area contributed by atoms with Crippen molar-refractivity contribution in [2.45, 2.75) is 18.9 Å². The molecule has 1 amide bonds. The Bertz CT molecular complexity index is 110. The van der Waals surface area contributed by atoms with Crippen LogP contribution in [0.3, 0.4) is 0 Å². The van der Waals surface area contributed by atoms with Crippen LogP contribution in [0.1, 0.15) is 12.8 Å². The van der Waals surface area contributed by atoms with Gasteiger partial charge in [0.25, 0.3) is 0 Å². The molecule has 0 spiro atoms. The van der Waals surface area contributed by atoms with Crippen molar-refractivity contribution in [1.29, 1.82) is 5.41 Å². The molecular weight excluding hydrogens is 116 g/mol. The van der Waals surface area contributed by atoms with Crippen LogP contribution in [-0.4, -0.2) is 30.1 Å². The van der Waals surface area contributed by atoms with Gasteiger partial charge in [0.1, 0.15) is 0 Å². The van der Waals surface area contributed by atoms with Gasteiger partial charge in [-0.15, -0.1) is 0 Å². The maximum absolute atomic E-state index is 10.2. The van der Waals surface area contributed by atoms with E-state index in [0.29, 0.717) is 0 Å². The molecule has 1 aliphatic rings. The molecule has 0 bridgehead atoms. The molecule has 0 aromatic heterocycles. The molecule has 0 saturated carbocycles. The third-order valence-electron chi connectivity index (χ3n) is 1.67. The van der Waals surface area contributed by atoms with Crippen LogP contribution in [0.25, 0.3) is 0 Å². The minimum atomic E-state index is 0.0856. The van der Waals surface area contributed by atoms with E-state index in [1.807, 2.05) is 0 Å². The van der Waals surface area contributed by atoms with Crippen LogP contribution >= 0.6 is 0 Å². The highest BCUT2D eigenvalue weighted by Gasteiger charge is 2.19. The summed E-state index contributed by atoms with van der Waals surface area (Å²) in [6.45, 7) is 0.823. The van der Waals surface area contributed by atoms with Gasteiger partial charge in [-0.2, -0.15) is 0 Å². The highest BCUT2D eigenvalue weighted by Crippen LogP contribution is 2.11. The third-order valence-corrected chi connectivity index (χ3v) is 1.67. The summed E-state index contributed by atoms with van der Waals surface area (Å²) in [5, 5.41) is 6.91. The lowest BCUT2D eigenvalue weighted by Crippen LogP contribution is -2.28. The zero-order valence-electron chi connectivity index (χ0n) is 5.21. The smallest absolute Gasteiger partial charge is 0.210 e. The second kappa shape index (κ2) is 2.62. The van der Waals surface area contributed by atoms with Crippen LogP contribution in [0.4, 0.5) is 0 Å². The highest BCUT2D eigenvalue weighted by atomic mass is 16.1. The van der Waals surface area contributed by atoms with Gasteiger partial charge in [-0.05, 0) is 12.8 Å². The molecule has 0 aromatic carbocycles. The lowest BCUT2D eigenvalue weighted by molar-refractivity contribution is -0.117. The van der Waals surface area contributed by atoms with Crippen molar-refractivity contribution in [3.63, 3.8) is 0 Å². The van der Waals surface area contributed by atoms with E-state index in [1.165, 1.54) is 6.21 Å². The van der Waals surface area contributed by atoms with E-state index in [1.54, 1.807) is 4.90 Å². The number of hydrogen-bond donors (Lipinski definition) is 1. The number of hydrogen-bond acceptors (Lipinski definition) is 2. The number of nitrogens with zero attached hydrogens (tertiary/aromatic N) is 1. The number of carbonyl (C=O) groups is 1. The van der Waals surface area contributed by atoms with Crippen molar-refractivity contribution in [3.05, 3.63) is 0 Å². The fourth-order valence-corrected chi connectivity index (χ4v) is 1.12. The maximum atomic E-state index is 10.2. The van der Waals surface area contributed by atoms with Crippen LogP contribution in [0.5, 0.6) is 0 Å². The first kappa shape index (κ1) is 6.26. The minimum absolute atomic E-state index is 0.0856. The number of carbonyl (C=O) groups excluding carboxylic acids is 1. The fourth-order valence-electron chi connectivity index (χ4n) is 1.12. The molecule has 0 radical (unpaired) electrons. The largest absolute Gasteiger partial charge is 0.337 e. The Morgan fingerprint density at radius 1 is 1.67 bits per heavy atom. The van der Waals surface area contributed by atoms with Gasteiger partial charge in [-0.25, -0.2) is 0 Å². The van der Waals surface area contributed by atoms with E-state index in [9.17, 15) is 4.79 Å². The molecule has 1 N–H and O–H groups in total. The van der Waals surface area contributed by atoms with E-state index < -0.39 is 0 Å². The van der Waals surface area contributed by atoms with E-state index >= 15 is 0 Å². The molecule has 3 nitrogen and oxygen atoms in total. The highest BCUT2D eigenvalue weighted by molar-refractivity contribution is 5.66. The number of nitrogens with one attached hydrogen (secondary N) is 1. The van der Waals surface area contributed by atoms with Crippen molar-refractivity contribution in [2.75, 3.05) is 6.54 Å². The van der Waals surface area contributed by atoms with Gasteiger partial charge in [0.05, 0.1) is 6.04 Å². The first-order valence-corrected chi connectivity index (χ1v) is 3.10. The van der Waals surface area contributed by atoms with Crippen molar-refractivity contribution in [2.24, 2.45) is 0 Å². The summed E-state index contributed by atoms with van der Waals surface area (Å²) in [6, 6.07) is 0.0856. The molecule has 3 heteroatoms. The minimum Gasteiger partial charge on any atom is -0.337 e. The molecule has 1 aliphatic heterocycles. The maximum Gasteiger partial charge on any atom is 0.210 e. The molecule has 50 valence electrons. The summed E-state index contributed by atoms with van der Waals surface area (Å²) in [4.78, 5) is 11.9. The predicted molar refractivity (Wildman–Crippen MR) is 34.6 cm³/mol. The third kappa shape index (κ3) is 1.09. The lowest BCUT2D eigenvalue weighted by Gasteiger charge is -2.13. The van der Waals surface area contributed by atoms with Crippen molar-refractivity contribution in [3.8, 4) is 0 Å². The molecule has 1 rings (SSSR count). The Balaban J connectivity index is 2.50. The summed E-state index contributed by atoms with van der Waals surface area (Å²) in [7, 11) is 0. The molecule has 9 heavy (non-hydrogen) atoms. The van der Waals surface area contributed by atoms with E-state index in [0.717, 1.165) is 25.8 Å². The monoisotopic (exact) mass is 126 g/mol. The summed E-state index contributed by atoms with van der Waals surface area (Å²) in [5.41, 5.74) is 0.